The maximum atomic E-state index is 13.6. The molecule has 1 aromatic carbocycles. The van der Waals surface area contributed by atoms with Crippen LogP contribution in [0, 0.1) is 24.5 Å². The number of halogens is 2. The van der Waals surface area contributed by atoms with Crippen molar-refractivity contribution < 1.29 is 8.78 Å². The molecular formula is C14H21F2N. The van der Waals surface area contributed by atoms with E-state index in [0.29, 0.717) is 23.5 Å². The van der Waals surface area contributed by atoms with Gasteiger partial charge in [0.2, 0.25) is 0 Å². The van der Waals surface area contributed by atoms with E-state index in [0.717, 1.165) is 19.5 Å². The average molecular weight is 241 g/mol. The highest BCUT2D eigenvalue weighted by Gasteiger charge is 2.13. The van der Waals surface area contributed by atoms with E-state index in [1.54, 1.807) is 19.1 Å². The molecule has 1 rings (SSSR count). The molecule has 96 valence electrons. The quantitative estimate of drug-likeness (QED) is 0.752. The second-order valence-corrected chi connectivity index (χ2v) is 4.68. The topological polar surface area (TPSA) is 12.0 Å². The van der Waals surface area contributed by atoms with Gasteiger partial charge < -0.3 is 5.32 Å². The lowest BCUT2D eigenvalue weighted by Gasteiger charge is -2.13. The molecular weight excluding hydrogens is 220 g/mol. The van der Waals surface area contributed by atoms with Gasteiger partial charge in [-0.2, -0.15) is 0 Å². The molecule has 3 heteroatoms. The molecule has 1 atom stereocenters. The van der Waals surface area contributed by atoms with Gasteiger partial charge >= 0.3 is 0 Å². The van der Waals surface area contributed by atoms with Gasteiger partial charge in [-0.25, -0.2) is 8.78 Å². The molecule has 0 saturated carbocycles. The summed E-state index contributed by atoms with van der Waals surface area (Å²) in [6.07, 6.45) is 1.65. The molecule has 0 aromatic heterocycles. The molecule has 1 aromatic rings. The van der Waals surface area contributed by atoms with Crippen LogP contribution >= 0.6 is 0 Å². The Morgan fingerprint density at radius 1 is 1.24 bits per heavy atom. The molecule has 0 amide bonds. The van der Waals surface area contributed by atoms with Crippen molar-refractivity contribution in [2.24, 2.45) is 5.92 Å². The number of nitrogens with one attached hydrogen (secondary N) is 1. The highest BCUT2D eigenvalue weighted by atomic mass is 19.2. The minimum absolute atomic E-state index is 0.304. The van der Waals surface area contributed by atoms with E-state index < -0.39 is 11.6 Å². The maximum Gasteiger partial charge on any atom is 0.162 e. The van der Waals surface area contributed by atoms with Crippen molar-refractivity contribution in [3.05, 3.63) is 34.9 Å². The Hall–Kier alpha value is -0.960. The van der Waals surface area contributed by atoms with Crippen LogP contribution in [0.5, 0.6) is 0 Å². The molecule has 0 heterocycles. The summed E-state index contributed by atoms with van der Waals surface area (Å²) in [4.78, 5) is 0. The Morgan fingerprint density at radius 2 is 1.94 bits per heavy atom. The highest BCUT2D eigenvalue weighted by molar-refractivity contribution is 5.25. The smallest absolute Gasteiger partial charge is 0.162 e. The van der Waals surface area contributed by atoms with Crippen LogP contribution in [0.25, 0.3) is 0 Å². The summed E-state index contributed by atoms with van der Waals surface area (Å²) in [6.45, 7) is 7.53. The van der Waals surface area contributed by atoms with Crippen LogP contribution in [0.4, 0.5) is 8.78 Å². The predicted molar refractivity (Wildman–Crippen MR) is 67.1 cm³/mol. The number of aryl methyl sites for hydroxylation is 1. The van der Waals surface area contributed by atoms with Gasteiger partial charge in [-0.3, -0.25) is 0 Å². The van der Waals surface area contributed by atoms with Gasteiger partial charge in [0.25, 0.3) is 0 Å². The summed E-state index contributed by atoms with van der Waals surface area (Å²) in [5.74, 6) is -1.10. The summed E-state index contributed by atoms with van der Waals surface area (Å²) in [7, 11) is 0. The van der Waals surface area contributed by atoms with E-state index in [4.69, 9.17) is 0 Å². The van der Waals surface area contributed by atoms with Crippen LogP contribution in [0.3, 0.4) is 0 Å². The fourth-order valence-electron chi connectivity index (χ4n) is 1.82. The van der Waals surface area contributed by atoms with Gasteiger partial charge in [0.05, 0.1) is 0 Å². The molecule has 0 spiro atoms. The first-order valence-corrected chi connectivity index (χ1v) is 6.20. The molecule has 0 radical (unpaired) electrons. The van der Waals surface area contributed by atoms with Crippen molar-refractivity contribution in [3.63, 3.8) is 0 Å². The molecule has 0 aliphatic heterocycles. The van der Waals surface area contributed by atoms with Crippen molar-refractivity contribution in [1.29, 1.82) is 0 Å². The van der Waals surface area contributed by atoms with Crippen LogP contribution < -0.4 is 5.32 Å². The minimum atomic E-state index is -0.712. The molecule has 0 aliphatic carbocycles. The van der Waals surface area contributed by atoms with Crippen molar-refractivity contribution in [3.8, 4) is 0 Å². The number of benzene rings is 1. The lowest BCUT2D eigenvalue weighted by Crippen LogP contribution is -2.23. The van der Waals surface area contributed by atoms with Gasteiger partial charge in [0.1, 0.15) is 0 Å². The van der Waals surface area contributed by atoms with Crippen LogP contribution in [0.15, 0.2) is 12.1 Å². The Balaban J connectivity index is 2.59. The number of hydrogen-bond acceptors (Lipinski definition) is 1. The summed E-state index contributed by atoms with van der Waals surface area (Å²) in [5.41, 5.74) is 0.835. The van der Waals surface area contributed by atoms with Crippen molar-refractivity contribution >= 4 is 0 Å². The first-order valence-electron chi connectivity index (χ1n) is 6.20. The largest absolute Gasteiger partial charge is 0.316 e. The summed E-state index contributed by atoms with van der Waals surface area (Å²) >= 11 is 0. The van der Waals surface area contributed by atoms with Crippen LogP contribution in [-0.2, 0) is 6.42 Å². The van der Waals surface area contributed by atoms with Crippen LogP contribution in [-0.4, -0.2) is 13.1 Å². The molecule has 1 unspecified atom stereocenters. The fourth-order valence-corrected chi connectivity index (χ4v) is 1.82. The Labute approximate surface area is 102 Å². The summed E-state index contributed by atoms with van der Waals surface area (Å²) in [6, 6.07) is 3.32. The number of rotatable bonds is 6. The van der Waals surface area contributed by atoms with Crippen molar-refractivity contribution in [2.75, 3.05) is 13.1 Å². The highest BCUT2D eigenvalue weighted by Crippen LogP contribution is 2.18. The first kappa shape index (κ1) is 14.1. The monoisotopic (exact) mass is 241 g/mol. The maximum absolute atomic E-state index is 13.6. The zero-order valence-electron chi connectivity index (χ0n) is 10.8. The third-order valence-electron chi connectivity index (χ3n) is 2.84. The van der Waals surface area contributed by atoms with E-state index >= 15 is 0 Å². The van der Waals surface area contributed by atoms with Gasteiger partial charge in [0.15, 0.2) is 11.6 Å². The van der Waals surface area contributed by atoms with Crippen LogP contribution in [0.2, 0.25) is 0 Å². The van der Waals surface area contributed by atoms with E-state index in [1.807, 2.05) is 6.92 Å². The second kappa shape index (κ2) is 6.70. The minimum Gasteiger partial charge on any atom is -0.316 e. The van der Waals surface area contributed by atoms with Gasteiger partial charge in [-0.1, -0.05) is 26.0 Å². The fraction of sp³-hybridized carbons (Fsp3) is 0.571. The SMILES string of the molecule is CCCNCC(C)Cc1ccc(C)c(F)c1F. The second-order valence-electron chi connectivity index (χ2n) is 4.68. The van der Waals surface area contributed by atoms with Crippen LogP contribution in [0.1, 0.15) is 31.4 Å². The van der Waals surface area contributed by atoms with E-state index in [1.165, 1.54) is 0 Å². The Morgan fingerprint density at radius 3 is 2.59 bits per heavy atom. The molecule has 0 bridgehead atoms. The van der Waals surface area contributed by atoms with Gasteiger partial charge in [0, 0.05) is 0 Å². The zero-order chi connectivity index (χ0) is 12.8. The molecule has 1 N–H and O–H groups in total. The van der Waals surface area contributed by atoms with E-state index in [9.17, 15) is 8.78 Å². The van der Waals surface area contributed by atoms with E-state index in [2.05, 4.69) is 12.2 Å². The first-order chi connectivity index (χ1) is 8.06. The van der Waals surface area contributed by atoms with Gasteiger partial charge in [-0.15, -0.1) is 0 Å². The Kier molecular flexibility index (Phi) is 5.56. The lowest BCUT2D eigenvalue weighted by molar-refractivity contribution is 0.467. The molecule has 17 heavy (non-hydrogen) atoms. The lowest BCUT2D eigenvalue weighted by atomic mass is 9.99. The predicted octanol–water partition coefficient (Wildman–Crippen LogP) is 3.45. The standard InChI is InChI=1S/C14H21F2N/c1-4-7-17-9-10(2)8-12-6-5-11(3)13(15)14(12)16/h5-6,10,17H,4,7-9H2,1-3H3. The van der Waals surface area contributed by atoms with E-state index in [-0.39, 0.29) is 0 Å². The third kappa shape index (κ3) is 4.08. The summed E-state index contributed by atoms with van der Waals surface area (Å²) < 4.78 is 27.0. The molecule has 0 aliphatic rings. The normalized spacial score (nSPS) is 12.8. The third-order valence-corrected chi connectivity index (χ3v) is 2.84. The zero-order valence-corrected chi connectivity index (χ0v) is 10.8. The summed E-state index contributed by atoms with van der Waals surface area (Å²) in [5, 5.41) is 3.28. The average Bonchev–Trinajstić information content (AvgIpc) is 2.30. The Bertz CT molecular complexity index is 363. The number of hydrogen-bond donors (Lipinski definition) is 1. The molecule has 0 saturated heterocycles. The molecule has 0 fully saturated rings. The van der Waals surface area contributed by atoms with Gasteiger partial charge in [-0.05, 0) is 49.9 Å². The van der Waals surface area contributed by atoms with Crippen molar-refractivity contribution in [1.82, 2.24) is 5.32 Å². The molecule has 1 nitrogen and oxygen atoms in total. The van der Waals surface area contributed by atoms with Crippen molar-refractivity contribution in [2.45, 2.75) is 33.6 Å².